The second kappa shape index (κ2) is 4.98. The smallest absolute Gasteiger partial charge is 0.260 e. The number of aryl methyl sites for hydroxylation is 1. The zero-order chi connectivity index (χ0) is 15.9. The Balaban J connectivity index is 2.05. The number of benzene rings is 1. The molecule has 0 saturated heterocycles. The van der Waals surface area contributed by atoms with Gasteiger partial charge in [0.25, 0.3) is 5.89 Å². The summed E-state index contributed by atoms with van der Waals surface area (Å²) in [6.07, 6.45) is 1.97. The van der Waals surface area contributed by atoms with Gasteiger partial charge in [-0.1, -0.05) is 23.4 Å². The van der Waals surface area contributed by atoms with Gasteiger partial charge in [-0.25, -0.2) is 0 Å². The van der Waals surface area contributed by atoms with Crippen molar-refractivity contribution in [1.82, 2.24) is 20.0 Å². The molecule has 0 fully saturated rings. The summed E-state index contributed by atoms with van der Waals surface area (Å²) in [4.78, 5) is 15.7. The fourth-order valence-corrected chi connectivity index (χ4v) is 2.59. The first-order valence-electron chi connectivity index (χ1n) is 7.06. The lowest BCUT2D eigenvalue weighted by Crippen LogP contribution is -2.40. The molecule has 6 nitrogen and oxygen atoms in total. The van der Waals surface area contributed by atoms with E-state index in [1.807, 2.05) is 55.9 Å². The average Bonchev–Trinajstić information content (AvgIpc) is 3.03. The van der Waals surface area contributed by atoms with E-state index in [1.54, 1.807) is 0 Å². The van der Waals surface area contributed by atoms with Gasteiger partial charge in [0.15, 0.2) is 5.82 Å². The Morgan fingerprint density at radius 3 is 2.77 bits per heavy atom. The number of carbonyl (C=O) groups excluding carboxylic acids is 1. The fourth-order valence-electron chi connectivity index (χ4n) is 2.59. The predicted molar refractivity (Wildman–Crippen MR) is 83.1 cm³/mol. The molecule has 0 atom stereocenters. The number of amides is 1. The molecule has 0 aliphatic heterocycles. The van der Waals surface area contributed by atoms with Crippen LogP contribution in [-0.4, -0.2) is 20.6 Å². The van der Waals surface area contributed by atoms with E-state index in [2.05, 4.69) is 15.5 Å². The quantitative estimate of drug-likeness (QED) is 0.806. The molecule has 0 spiro atoms. The Kier molecular flexibility index (Phi) is 3.24. The van der Waals surface area contributed by atoms with Gasteiger partial charge in [0, 0.05) is 31.1 Å². The van der Waals surface area contributed by atoms with Gasteiger partial charge in [0.05, 0.1) is 11.1 Å². The number of para-hydroxylation sites is 1. The first-order valence-corrected chi connectivity index (χ1v) is 7.06. The summed E-state index contributed by atoms with van der Waals surface area (Å²) in [5, 5.41) is 7.89. The largest absolute Gasteiger partial charge is 0.350 e. The molecular weight excluding hydrogens is 280 g/mol. The average molecular weight is 298 g/mol. The number of aromatic nitrogens is 3. The topological polar surface area (TPSA) is 73.0 Å². The summed E-state index contributed by atoms with van der Waals surface area (Å²) < 4.78 is 7.44. The van der Waals surface area contributed by atoms with Gasteiger partial charge in [-0.3, -0.25) is 4.79 Å². The van der Waals surface area contributed by atoms with Crippen LogP contribution in [0.15, 0.2) is 35.0 Å². The van der Waals surface area contributed by atoms with Crippen molar-refractivity contribution < 1.29 is 9.32 Å². The highest BCUT2D eigenvalue weighted by atomic mass is 16.5. The van der Waals surface area contributed by atoms with Gasteiger partial charge in [-0.2, -0.15) is 4.98 Å². The zero-order valence-corrected chi connectivity index (χ0v) is 13.0. The number of carbonyl (C=O) groups is 1. The number of rotatable bonds is 3. The van der Waals surface area contributed by atoms with Crippen molar-refractivity contribution in [1.29, 1.82) is 0 Å². The minimum Gasteiger partial charge on any atom is -0.350 e. The molecule has 0 unspecified atom stereocenters. The van der Waals surface area contributed by atoms with Gasteiger partial charge in [-0.15, -0.1) is 0 Å². The van der Waals surface area contributed by atoms with E-state index in [9.17, 15) is 4.79 Å². The molecular formula is C16H18N4O2. The van der Waals surface area contributed by atoms with Crippen LogP contribution in [0.2, 0.25) is 0 Å². The Bertz CT molecular complexity index is 845. The molecule has 0 radical (unpaired) electrons. The van der Waals surface area contributed by atoms with Crippen LogP contribution in [0.1, 0.15) is 26.6 Å². The maximum absolute atomic E-state index is 11.3. The summed E-state index contributed by atoms with van der Waals surface area (Å²) in [5.74, 6) is 0.761. The predicted octanol–water partition coefficient (Wildman–Crippen LogP) is 2.60. The third-order valence-corrected chi connectivity index (χ3v) is 3.60. The molecule has 6 heteroatoms. The van der Waals surface area contributed by atoms with Gasteiger partial charge >= 0.3 is 0 Å². The third-order valence-electron chi connectivity index (χ3n) is 3.60. The minimum atomic E-state index is -0.682. The lowest BCUT2D eigenvalue weighted by molar-refractivity contribution is -0.120. The summed E-state index contributed by atoms with van der Waals surface area (Å²) in [7, 11) is 1.98. The second-order valence-electron chi connectivity index (χ2n) is 5.90. The van der Waals surface area contributed by atoms with Crippen LogP contribution in [-0.2, 0) is 17.4 Å². The number of hydrogen-bond donors (Lipinski definition) is 1. The summed E-state index contributed by atoms with van der Waals surface area (Å²) in [6, 6.07) is 8.03. The Hall–Kier alpha value is -2.63. The summed E-state index contributed by atoms with van der Waals surface area (Å²) in [6.45, 7) is 5.14. The number of nitrogens with zero attached hydrogens (tertiary/aromatic N) is 3. The van der Waals surface area contributed by atoms with Crippen molar-refractivity contribution in [3.8, 4) is 11.5 Å². The molecule has 0 bridgehead atoms. The molecule has 114 valence electrons. The van der Waals surface area contributed by atoms with E-state index in [1.165, 1.54) is 6.92 Å². The summed E-state index contributed by atoms with van der Waals surface area (Å²) in [5.41, 5.74) is 1.30. The lowest BCUT2D eigenvalue weighted by atomic mass is 10.1. The molecule has 0 aliphatic rings. The van der Waals surface area contributed by atoms with Crippen LogP contribution in [0, 0.1) is 0 Å². The molecule has 1 amide bonds. The second-order valence-corrected chi connectivity index (χ2v) is 5.90. The first kappa shape index (κ1) is 14.3. The molecule has 1 N–H and O–H groups in total. The van der Waals surface area contributed by atoms with Crippen LogP contribution in [0.3, 0.4) is 0 Å². The van der Waals surface area contributed by atoms with E-state index in [0.29, 0.717) is 11.7 Å². The van der Waals surface area contributed by atoms with Crippen molar-refractivity contribution in [3.63, 3.8) is 0 Å². The first-order chi connectivity index (χ1) is 10.4. The van der Waals surface area contributed by atoms with Crippen molar-refractivity contribution >= 4 is 16.8 Å². The third kappa shape index (κ3) is 2.36. The van der Waals surface area contributed by atoms with E-state index in [-0.39, 0.29) is 5.91 Å². The SMILES string of the molecule is CC(=O)NC(C)(C)c1noc(-c2cn(C)c3ccccc23)n1. The number of nitrogens with one attached hydrogen (secondary N) is 1. The van der Waals surface area contributed by atoms with Crippen LogP contribution in [0.25, 0.3) is 22.4 Å². The van der Waals surface area contributed by atoms with Crippen molar-refractivity contribution in [2.45, 2.75) is 26.3 Å². The number of hydrogen-bond acceptors (Lipinski definition) is 4. The normalized spacial score (nSPS) is 11.8. The molecule has 3 aromatic rings. The molecule has 2 aromatic heterocycles. The highest BCUT2D eigenvalue weighted by Gasteiger charge is 2.28. The molecule has 3 rings (SSSR count). The van der Waals surface area contributed by atoms with E-state index >= 15 is 0 Å². The van der Waals surface area contributed by atoms with Gasteiger partial charge in [0.2, 0.25) is 5.91 Å². The maximum atomic E-state index is 11.3. The zero-order valence-electron chi connectivity index (χ0n) is 13.0. The monoisotopic (exact) mass is 298 g/mol. The highest BCUT2D eigenvalue weighted by molar-refractivity contribution is 5.93. The van der Waals surface area contributed by atoms with Crippen molar-refractivity contribution in [2.24, 2.45) is 7.05 Å². The molecule has 0 aliphatic carbocycles. The van der Waals surface area contributed by atoms with E-state index < -0.39 is 5.54 Å². The number of fused-ring (bicyclic) bond motifs is 1. The van der Waals surface area contributed by atoms with Crippen molar-refractivity contribution in [3.05, 3.63) is 36.3 Å². The molecule has 22 heavy (non-hydrogen) atoms. The van der Waals surface area contributed by atoms with Crippen LogP contribution in [0.5, 0.6) is 0 Å². The Morgan fingerprint density at radius 2 is 2.05 bits per heavy atom. The van der Waals surface area contributed by atoms with E-state index in [4.69, 9.17) is 4.52 Å². The Morgan fingerprint density at radius 1 is 1.32 bits per heavy atom. The van der Waals surface area contributed by atoms with Crippen LogP contribution >= 0.6 is 0 Å². The van der Waals surface area contributed by atoms with Crippen molar-refractivity contribution in [2.75, 3.05) is 0 Å². The van der Waals surface area contributed by atoms with Crippen LogP contribution in [0.4, 0.5) is 0 Å². The minimum absolute atomic E-state index is 0.137. The standard InChI is InChI=1S/C16H18N4O2/c1-10(21)18-16(2,3)15-17-14(22-19-15)12-9-20(4)13-8-6-5-7-11(12)13/h5-9H,1-4H3,(H,18,21). The maximum Gasteiger partial charge on any atom is 0.260 e. The lowest BCUT2D eigenvalue weighted by Gasteiger charge is -2.20. The molecule has 1 aromatic carbocycles. The Labute approximate surface area is 128 Å². The molecule has 2 heterocycles. The van der Waals surface area contributed by atoms with Gasteiger partial charge in [0.1, 0.15) is 0 Å². The molecule has 0 saturated carbocycles. The summed E-state index contributed by atoms with van der Waals surface area (Å²) >= 11 is 0. The van der Waals surface area contributed by atoms with E-state index in [0.717, 1.165) is 16.5 Å². The van der Waals surface area contributed by atoms with Gasteiger partial charge < -0.3 is 14.4 Å². The highest BCUT2D eigenvalue weighted by Crippen LogP contribution is 2.30. The van der Waals surface area contributed by atoms with Gasteiger partial charge in [-0.05, 0) is 19.9 Å². The fraction of sp³-hybridized carbons (Fsp3) is 0.312. The van der Waals surface area contributed by atoms with Crippen LogP contribution < -0.4 is 5.32 Å².